The molecule has 6 heteroatoms. The molecule has 0 radical (unpaired) electrons. The van der Waals surface area contributed by atoms with Gasteiger partial charge in [-0.1, -0.05) is 120 Å². The summed E-state index contributed by atoms with van der Waals surface area (Å²) in [6, 6.07) is 15.8. The molecule has 0 aliphatic carbocycles. The van der Waals surface area contributed by atoms with Crippen LogP contribution >= 0.6 is 11.8 Å². The molecule has 0 aliphatic rings. The summed E-state index contributed by atoms with van der Waals surface area (Å²) >= 11 is 1.46. The Labute approximate surface area is 244 Å². The molecule has 0 unspecified atom stereocenters. The number of aromatic carboxylic acids is 1. The van der Waals surface area contributed by atoms with Crippen molar-refractivity contribution in [2.24, 2.45) is 0 Å². The van der Waals surface area contributed by atoms with Crippen LogP contribution in [0.1, 0.15) is 112 Å². The van der Waals surface area contributed by atoms with Gasteiger partial charge in [0.2, 0.25) is 5.88 Å². The lowest BCUT2D eigenvalue weighted by Gasteiger charge is -2.28. The fourth-order valence-corrected chi connectivity index (χ4v) is 6.64. The van der Waals surface area contributed by atoms with Gasteiger partial charge in [-0.25, -0.2) is 9.78 Å². The number of carboxylic acids is 1. The van der Waals surface area contributed by atoms with Crippen molar-refractivity contribution in [2.45, 2.75) is 114 Å². The number of unbranched alkanes of at least 4 members (excludes halogenated alkanes) is 9. The number of hydrogen-bond acceptors (Lipinski definition) is 5. The minimum absolute atomic E-state index is 0.0388. The van der Waals surface area contributed by atoms with E-state index in [-0.39, 0.29) is 11.4 Å². The average molecular weight is 566 g/mol. The summed E-state index contributed by atoms with van der Waals surface area (Å²) in [4.78, 5) is 15.9. The van der Waals surface area contributed by atoms with Gasteiger partial charge in [0.05, 0.1) is 12.6 Å². The number of thioether (sulfide) groups is 1. The van der Waals surface area contributed by atoms with Crippen molar-refractivity contribution in [1.29, 1.82) is 0 Å². The second kappa shape index (κ2) is 16.6. The molecule has 1 heterocycles. The minimum atomic E-state index is -1.07. The summed E-state index contributed by atoms with van der Waals surface area (Å²) in [5.41, 5.74) is 3.24. The van der Waals surface area contributed by atoms with E-state index in [1.165, 1.54) is 94.2 Å². The number of rotatable bonds is 19. The zero-order valence-corrected chi connectivity index (χ0v) is 25.4. The maximum atomic E-state index is 11.8. The molecule has 2 aromatic carbocycles. The van der Waals surface area contributed by atoms with Crippen LogP contribution in [-0.4, -0.2) is 33.2 Å². The Morgan fingerprint density at radius 3 is 2.15 bits per heavy atom. The molecule has 1 atom stereocenters. The fraction of sp³-hybridized carbons (Fsp3) is 0.529. The van der Waals surface area contributed by atoms with E-state index in [0.29, 0.717) is 18.4 Å². The lowest BCUT2D eigenvalue weighted by atomic mass is 9.95. The van der Waals surface area contributed by atoms with Crippen LogP contribution in [0, 0.1) is 0 Å². The second-order valence-electron chi connectivity index (χ2n) is 10.9. The largest absolute Gasteiger partial charge is 0.480 e. The topological polar surface area (TPSA) is 79.7 Å². The highest BCUT2D eigenvalue weighted by Gasteiger charge is 2.29. The van der Waals surface area contributed by atoms with E-state index in [0.717, 1.165) is 23.1 Å². The van der Waals surface area contributed by atoms with Crippen molar-refractivity contribution in [3.63, 3.8) is 0 Å². The Hall–Kier alpha value is -2.57. The lowest BCUT2D eigenvalue weighted by molar-refractivity contribution is 0.0692. The molecule has 3 rings (SSSR count). The van der Waals surface area contributed by atoms with Crippen molar-refractivity contribution >= 4 is 28.6 Å². The zero-order chi connectivity index (χ0) is 28.8. The quantitative estimate of drug-likeness (QED) is 0.0857. The molecule has 218 valence electrons. The number of fused-ring (bicyclic) bond motifs is 1. The Bertz CT molecular complexity index is 1210. The van der Waals surface area contributed by atoms with Crippen molar-refractivity contribution in [3.05, 3.63) is 65.2 Å². The van der Waals surface area contributed by atoms with Gasteiger partial charge in [-0.3, -0.25) is 0 Å². The van der Waals surface area contributed by atoms with Crippen molar-refractivity contribution in [2.75, 3.05) is 7.11 Å². The van der Waals surface area contributed by atoms with Crippen LogP contribution in [-0.2, 0) is 12.8 Å². The Morgan fingerprint density at radius 2 is 1.52 bits per heavy atom. The molecule has 0 aliphatic heterocycles. The molecular weight excluding hydrogens is 518 g/mol. The number of aromatic nitrogens is 1. The van der Waals surface area contributed by atoms with Crippen LogP contribution in [0.5, 0.6) is 5.88 Å². The number of benzene rings is 2. The van der Waals surface area contributed by atoms with Gasteiger partial charge in [-0.05, 0) is 48.6 Å². The molecule has 0 amide bonds. The van der Waals surface area contributed by atoms with Gasteiger partial charge in [-0.2, -0.15) is 0 Å². The monoisotopic (exact) mass is 565 g/mol. The van der Waals surface area contributed by atoms with Gasteiger partial charge in [0, 0.05) is 16.7 Å². The summed E-state index contributed by atoms with van der Waals surface area (Å²) in [6.07, 6.45) is 16.4. The van der Waals surface area contributed by atoms with E-state index in [1.807, 2.05) is 18.2 Å². The molecule has 0 saturated heterocycles. The molecule has 1 aromatic heterocycles. The third-order valence-electron chi connectivity index (χ3n) is 7.51. The van der Waals surface area contributed by atoms with Crippen LogP contribution in [0.2, 0.25) is 0 Å². The van der Waals surface area contributed by atoms with Crippen LogP contribution in [0.25, 0.3) is 10.9 Å². The predicted octanol–water partition coefficient (Wildman–Crippen LogP) is 9.23. The first-order chi connectivity index (χ1) is 19.4. The Balaban J connectivity index is 1.63. The smallest absolute Gasteiger partial charge is 0.341 e. The van der Waals surface area contributed by atoms with Crippen LogP contribution < -0.4 is 4.74 Å². The first kappa shape index (κ1) is 32.0. The van der Waals surface area contributed by atoms with E-state index in [9.17, 15) is 15.0 Å². The second-order valence-corrected chi connectivity index (χ2v) is 12.3. The minimum Gasteiger partial charge on any atom is -0.480 e. The third kappa shape index (κ3) is 9.81. The van der Waals surface area contributed by atoms with Crippen LogP contribution in [0.3, 0.4) is 0 Å². The Morgan fingerprint density at radius 1 is 0.875 bits per heavy atom. The molecular formula is C34H47NO4S. The normalized spacial score (nSPS) is 12.9. The summed E-state index contributed by atoms with van der Waals surface area (Å²) in [5, 5.41) is 22.0. The maximum absolute atomic E-state index is 11.8. The summed E-state index contributed by atoms with van der Waals surface area (Å²) in [7, 11) is 1.42. The molecule has 0 saturated carbocycles. The highest BCUT2D eigenvalue weighted by atomic mass is 32.2. The van der Waals surface area contributed by atoms with E-state index in [4.69, 9.17) is 4.74 Å². The van der Waals surface area contributed by atoms with Crippen LogP contribution in [0.4, 0.5) is 0 Å². The molecule has 2 N–H and O–H groups in total. The standard InChI is InChI=1S/C34H47NO4S/c1-4-6-7-8-9-10-11-12-13-14-17-26-18-15-16-19-28(26)25-34(38,22-5-2)40-29-21-20-27-23-30(33(36)37)32(39-3)35-31(27)24-29/h15-16,18-21,23-24,38H,4-14,17,22,25H2,1-3H3,(H,36,37)/t34-/m0/s1. The molecule has 0 fully saturated rings. The molecule has 3 aromatic rings. The molecule has 0 spiro atoms. The van der Waals surface area contributed by atoms with Gasteiger partial charge in [0.15, 0.2) is 0 Å². The summed E-state index contributed by atoms with van der Waals surface area (Å²) in [5.74, 6) is -0.981. The van der Waals surface area contributed by atoms with Gasteiger partial charge >= 0.3 is 5.97 Å². The number of ether oxygens (including phenoxy) is 1. The van der Waals surface area contributed by atoms with E-state index in [2.05, 4.69) is 43.1 Å². The number of carbonyl (C=O) groups is 1. The number of hydrogen-bond donors (Lipinski definition) is 2. The number of carboxylic acid groups (broad SMARTS) is 1. The van der Waals surface area contributed by atoms with Gasteiger partial charge < -0.3 is 14.9 Å². The number of aryl methyl sites for hydroxylation is 1. The van der Waals surface area contributed by atoms with Crippen molar-refractivity contribution < 1.29 is 19.7 Å². The van der Waals surface area contributed by atoms with E-state index in [1.54, 1.807) is 6.07 Å². The highest BCUT2D eigenvalue weighted by molar-refractivity contribution is 8.00. The van der Waals surface area contributed by atoms with Gasteiger partial charge in [0.25, 0.3) is 0 Å². The van der Waals surface area contributed by atoms with Gasteiger partial charge in [-0.15, -0.1) is 0 Å². The zero-order valence-electron chi connectivity index (χ0n) is 24.6. The Kier molecular flexibility index (Phi) is 13.3. The van der Waals surface area contributed by atoms with Crippen LogP contribution in [0.15, 0.2) is 53.4 Å². The first-order valence-corrected chi connectivity index (χ1v) is 15.9. The third-order valence-corrected chi connectivity index (χ3v) is 8.73. The predicted molar refractivity (Wildman–Crippen MR) is 167 cm³/mol. The van der Waals surface area contributed by atoms with Crippen molar-refractivity contribution in [1.82, 2.24) is 4.98 Å². The number of pyridine rings is 1. The number of methoxy groups -OCH3 is 1. The molecule has 40 heavy (non-hydrogen) atoms. The van der Waals surface area contributed by atoms with Gasteiger partial charge in [0.1, 0.15) is 10.5 Å². The van der Waals surface area contributed by atoms with Crippen molar-refractivity contribution in [3.8, 4) is 5.88 Å². The summed E-state index contributed by atoms with van der Waals surface area (Å²) in [6.45, 7) is 4.37. The lowest BCUT2D eigenvalue weighted by Crippen LogP contribution is -2.27. The maximum Gasteiger partial charge on any atom is 0.341 e. The number of nitrogens with zero attached hydrogens (tertiary/aromatic N) is 1. The number of aliphatic hydroxyl groups is 1. The molecule has 5 nitrogen and oxygen atoms in total. The molecule has 0 bridgehead atoms. The average Bonchev–Trinajstić information content (AvgIpc) is 2.94. The summed E-state index contributed by atoms with van der Waals surface area (Å²) < 4.78 is 5.22. The highest BCUT2D eigenvalue weighted by Crippen LogP contribution is 2.39. The van der Waals surface area contributed by atoms with E-state index < -0.39 is 10.9 Å². The SMILES string of the molecule is CCCCCCCCCCCCc1ccccc1C[C@](O)(CCC)Sc1ccc2cc(C(=O)O)c(OC)nc2c1. The van der Waals surface area contributed by atoms with E-state index >= 15 is 0 Å². The first-order valence-electron chi connectivity index (χ1n) is 15.1. The fourth-order valence-electron chi connectivity index (χ4n) is 5.36.